The zero-order chi connectivity index (χ0) is 12.1. The largest absolute Gasteiger partial charge is 0.207 e. The number of alkyl halides is 1. The number of thiophene rings is 1. The predicted molar refractivity (Wildman–Crippen MR) is 72.5 cm³/mol. The van der Waals surface area contributed by atoms with Crippen LogP contribution in [0.3, 0.4) is 0 Å². The van der Waals surface area contributed by atoms with Gasteiger partial charge < -0.3 is 0 Å². The van der Waals surface area contributed by atoms with Gasteiger partial charge in [0.1, 0.15) is 5.82 Å². The molecule has 1 aromatic carbocycles. The average molecular weight is 269 g/mol. The Morgan fingerprint density at radius 2 is 2.18 bits per heavy atom. The molecule has 0 N–H and O–H groups in total. The Kier molecular flexibility index (Phi) is 4.57. The maximum Gasteiger partial charge on any atom is 0.123 e. The molecule has 0 saturated carbocycles. The maximum atomic E-state index is 13.1. The monoisotopic (exact) mass is 268 g/mol. The standard InChI is InChI=1S/C14H14ClFS/c15-9-13(5-4-11-6-7-17-10-11)12-2-1-3-14(16)8-12/h1-3,6-8,10,13H,4-5,9H2. The summed E-state index contributed by atoms with van der Waals surface area (Å²) in [4.78, 5) is 0. The normalized spacial score (nSPS) is 12.6. The molecule has 0 aliphatic rings. The van der Waals surface area contributed by atoms with Crippen molar-refractivity contribution in [2.75, 3.05) is 5.88 Å². The van der Waals surface area contributed by atoms with Crippen LogP contribution in [0.5, 0.6) is 0 Å². The van der Waals surface area contributed by atoms with Gasteiger partial charge in [-0.3, -0.25) is 0 Å². The van der Waals surface area contributed by atoms with E-state index in [1.54, 1.807) is 23.5 Å². The lowest BCUT2D eigenvalue weighted by Crippen LogP contribution is -2.02. The van der Waals surface area contributed by atoms with Gasteiger partial charge in [0.05, 0.1) is 0 Å². The highest BCUT2D eigenvalue weighted by Gasteiger charge is 2.11. The number of benzene rings is 1. The first-order valence-electron chi connectivity index (χ1n) is 5.62. The van der Waals surface area contributed by atoms with E-state index < -0.39 is 0 Å². The second-order valence-corrected chi connectivity index (χ2v) is 5.17. The molecule has 1 aromatic heterocycles. The highest BCUT2D eigenvalue weighted by Crippen LogP contribution is 2.24. The van der Waals surface area contributed by atoms with Crippen LogP contribution in [0, 0.1) is 5.82 Å². The first-order chi connectivity index (χ1) is 8.29. The minimum Gasteiger partial charge on any atom is -0.207 e. The van der Waals surface area contributed by atoms with Gasteiger partial charge in [0.2, 0.25) is 0 Å². The molecule has 0 nitrogen and oxygen atoms in total. The SMILES string of the molecule is Fc1cccc(C(CCl)CCc2ccsc2)c1. The number of rotatable bonds is 5. The van der Waals surface area contributed by atoms with Crippen LogP contribution in [0.4, 0.5) is 4.39 Å². The van der Waals surface area contributed by atoms with Crippen LogP contribution in [-0.2, 0) is 6.42 Å². The van der Waals surface area contributed by atoms with Gasteiger partial charge in [-0.1, -0.05) is 12.1 Å². The third-order valence-electron chi connectivity index (χ3n) is 2.87. The van der Waals surface area contributed by atoms with Crippen LogP contribution in [0.25, 0.3) is 0 Å². The summed E-state index contributed by atoms with van der Waals surface area (Å²) in [7, 11) is 0. The van der Waals surface area contributed by atoms with E-state index in [0.29, 0.717) is 5.88 Å². The van der Waals surface area contributed by atoms with E-state index in [0.717, 1.165) is 18.4 Å². The molecule has 0 aliphatic carbocycles. The third kappa shape index (κ3) is 3.55. The fourth-order valence-corrected chi connectivity index (χ4v) is 2.90. The lowest BCUT2D eigenvalue weighted by Gasteiger charge is -2.13. The molecular formula is C14H14ClFS. The van der Waals surface area contributed by atoms with Crippen LogP contribution in [0.15, 0.2) is 41.1 Å². The van der Waals surface area contributed by atoms with E-state index in [1.807, 2.05) is 6.07 Å². The molecule has 1 heterocycles. The van der Waals surface area contributed by atoms with Gasteiger partial charge in [0.15, 0.2) is 0 Å². The molecule has 0 radical (unpaired) electrons. The van der Waals surface area contributed by atoms with Crippen molar-refractivity contribution in [3.8, 4) is 0 Å². The van der Waals surface area contributed by atoms with Gasteiger partial charge in [-0.2, -0.15) is 11.3 Å². The second kappa shape index (κ2) is 6.18. The van der Waals surface area contributed by atoms with E-state index in [9.17, 15) is 4.39 Å². The topological polar surface area (TPSA) is 0 Å². The Morgan fingerprint density at radius 1 is 1.29 bits per heavy atom. The Morgan fingerprint density at radius 3 is 2.82 bits per heavy atom. The molecule has 0 bridgehead atoms. The maximum absolute atomic E-state index is 13.1. The molecule has 3 heteroatoms. The van der Waals surface area contributed by atoms with E-state index in [1.165, 1.54) is 11.6 Å². The molecule has 0 saturated heterocycles. The van der Waals surface area contributed by atoms with Crippen LogP contribution >= 0.6 is 22.9 Å². The number of aryl methyl sites for hydroxylation is 1. The van der Waals surface area contributed by atoms with Crippen LogP contribution in [-0.4, -0.2) is 5.88 Å². The van der Waals surface area contributed by atoms with Gasteiger partial charge in [0, 0.05) is 5.88 Å². The quantitative estimate of drug-likeness (QED) is 0.681. The van der Waals surface area contributed by atoms with E-state index in [4.69, 9.17) is 11.6 Å². The minimum absolute atomic E-state index is 0.187. The lowest BCUT2D eigenvalue weighted by atomic mass is 9.94. The average Bonchev–Trinajstić information content (AvgIpc) is 2.83. The molecule has 2 aromatic rings. The molecule has 0 amide bonds. The fraction of sp³-hybridized carbons (Fsp3) is 0.286. The van der Waals surface area contributed by atoms with Gasteiger partial charge in [-0.25, -0.2) is 4.39 Å². The Balaban J connectivity index is 2.01. The van der Waals surface area contributed by atoms with E-state index in [-0.39, 0.29) is 11.7 Å². The summed E-state index contributed by atoms with van der Waals surface area (Å²) in [6.45, 7) is 0. The van der Waals surface area contributed by atoms with Crippen molar-refractivity contribution in [2.45, 2.75) is 18.8 Å². The first kappa shape index (κ1) is 12.6. The smallest absolute Gasteiger partial charge is 0.123 e. The van der Waals surface area contributed by atoms with Crippen molar-refractivity contribution >= 4 is 22.9 Å². The summed E-state index contributed by atoms with van der Waals surface area (Å²) in [6.07, 6.45) is 1.96. The predicted octanol–water partition coefficient (Wildman–Crippen LogP) is 4.84. The van der Waals surface area contributed by atoms with Crippen molar-refractivity contribution in [1.82, 2.24) is 0 Å². The molecule has 0 spiro atoms. The lowest BCUT2D eigenvalue weighted by molar-refractivity contribution is 0.616. The zero-order valence-electron chi connectivity index (χ0n) is 9.40. The number of halogens is 2. The van der Waals surface area contributed by atoms with E-state index >= 15 is 0 Å². The van der Waals surface area contributed by atoms with Crippen LogP contribution in [0.2, 0.25) is 0 Å². The van der Waals surface area contributed by atoms with Gasteiger partial charge >= 0.3 is 0 Å². The summed E-state index contributed by atoms with van der Waals surface area (Å²) in [6, 6.07) is 8.87. The molecule has 17 heavy (non-hydrogen) atoms. The number of hydrogen-bond donors (Lipinski definition) is 0. The zero-order valence-corrected chi connectivity index (χ0v) is 11.0. The van der Waals surface area contributed by atoms with Gasteiger partial charge in [-0.15, -0.1) is 11.6 Å². The summed E-state index contributed by atoms with van der Waals surface area (Å²) >= 11 is 7.68. The van der Waals surface area contributed by atoms with E-state index in [2.05, 4.69) is 16.8 Å². The molecular weight excluding hydrogens is 255 g/mol. The summed E-state index contributed by atoms with van der Waals surface area (Å²) in [5.41, 5.74) is 2.33. The van der Waals surface area contributed by atoms with Crippen molar-refractivity contribution < 1.29 is 4.39 Å². The molecule has 1 atom stereocenters. The highest BCUT2D eigenvalue weighted by atomic mass is 35.5. The van der Waals surface area contributed by atoms with Crippen molar-refractivity contribution in [3.63, 3.8) is 0 Å². The Labute approximate surface area is 110 Å². The molecule has 2 rings (SSSR count). The van der Waals surface area contributed by atoms with Gasteiger partial charge in [0.25, 0.3) is 0 Å². The summed E-state index contributed by atoms with van der Waals surface area (Å²) in [5, 5.41) is 4.23. The third-order valence-corrected chi connectivity index (χ3v) is 3.97. The van der Waals surface area contributed by atoms with Crippen LogP contribution < -0.4 is 0 Å². The number of hydrogen-bond acceptors (Lipinski definition) is 1. The summed E-state index contributed by atoms with van der Waals surface area (Å²) < 4.78 is 13.1. The molecule has 90 valence electrons. The minimum atomic E-state index is -0.187. The highest BCUT2D eigenvalue weighted by molar-refractivity contribution is 7.07. The molecule has 0 fully saturated rings. The fourth-order valence-electron chi connectivity index (χ4n) is 1.87. The second-order valence-electron chi connectivity index (χ2n) is 4.08. The molecule has 1 unspecified atom stereocenters. The Bertz CT molecular complexity index is 453. The Hall–Kier alpha value is -0.860. The first-order valence-corrected chi connectivity index (χ1v) is 7.10. The van der Waals surface area contributed by atoms with Gasteiger partial charge in [-0.05, 0) is 58.8 Å². The molecule has 0 aliphatic heterocycles. The van der Waals surface area contributed by atoms with Crippen molar-refractivity contribution in [1.29, 1.82) is 0 Å². The summed E-state index contributed by atoms with van der Waals surface area (Å²) in [5.74, 6) is 0.577. The van der Waals surface area contributed by atoms with Crippen molar-refractivity contribution in [3.05, 3.63) is 58.0 Å². The van der Waals surface area contributed by atoms with Crippen molar-refractivity contribution in [2.24, 2.45) is 0 Å². The van der Waals surface area contributed by atoms with Crippen LogP contribution in [0.1, 0.15) is 23.5 Å².